The Morgan fingerprint density at radius 3 is 2.60 bits per heavy atom. The number of methoxy groups -OCH3 is 2. The molecular formula is C20H21N5O5. The molecule has 3 rings (SSSR count). The summed E-state index contributed by atoms with van der Waals surface area (Å²) in [4.78, 5) is 25.0. The molecule has 0 saturated heterocycles. The van der Waals surface area contributed by atoms with E-state index >= 15 is 0 Å². The number of rotatable bonds is 8. The highest BCUT2D eigenvalue weighted by Gasteiger charge is 2.14. The number of nitrogens with zero attached hydrogens (tertiary/aromatic N) is 4. The van der Waals surface area contributed by atoms with Crippen LogP contribution >= 0.6 is 0 Å². The first-order chi connectivity index (χ1) is 14.5. The fourth-order valence-corrected chi connectivity index (χ4v) is 2.63. The minimum atomic E-state index is -0.661. The predicted molar refractivity (Wildman–Crippen MR) is 107 cm³/mol. The highest BCUT2D eigenvalue weighted by atomic mass is 16.5. The van der Waals surface area contributed by atoms with Crippen molar-refractivity contribution in [3.8, 4) is 22.9 Å². The molecule has 156 valence electrons. The fourth-order valence-electron chi connectivity index (χ4n) is 2.63. The molecule has 1 aromatic heterocycles. The molecule has 0 atom stereocenters. The molecule has 0 aliphatic carbocycles. The first-order valence-electron chi connectivity index (χ1n) is 9.01. The van der Waals surface area contributed by atoms with Crippen molar-refractivity contribution in [1.29, 1.82) is 0 Å². The zero-order valence-electron chi connectivity index (χ0n) is 16.8. The number of carbonyl (C=O) groups is 2. The van der Waals surface area contributed by atoms with Crippen LogP contribution in [-0.4, -0.2) is 52.9 Å². The summed E-state index contributed by atoms with van der Waals surface area (Å²) in [7, 11) is 3.07. The van der Waals surface area contributed by atoms with Crippen LogP contribution in [0, 0.1) is 6.92 Å². The number of nitrogens with one attached hydrogen (secondary N) is 1. The SMILES string of the molecule is COc1ccc(-c2nnn(CC(=O)OCC(=O)Nc3cccc(C)c3)n2)cc1OC. The third-order valence-corrected chi connectivity index (χ3v) is 4.03. The second kappa shape index (κ2) is 9.50. The number of hydrogen-bond donors (Lipinski definition) is 1. The largest absolute Gasteiger partial charge is 0.493 e. The van der Waals surface area contributed by atoms with E-state index in [1.807, 2.05) is 25.1 Å². The van der Waals surface area contributed by atoms with Gasteiger partial charge in [0.15, 0.2) is 24.7 Å². The van der Waals surface area contributed by atoms with Crippen LogP contribution in [0.15, 0.2) is 42.5 Å². The van der Waals surface area contributed by atoms with Gasteiger partial charge in [0.25, 0.3) is 5.91 Å². The van der Waals surface area contributed by atoms with Gasteiger partial charge in [-0.2, -0.15) is 4.80 Å². The van der Waals surface area contributed by atoms with Gasteiger partial charge in [-0.05, 0) is 48.0 Å². The summed E-state index contributed by atoms with van der Waals surface area (Å²) >= 11 is 0. The van der Waals surface area contributed by atoms with E-state index in [0.29, 0.717) is 28.6 Å². The number of esters is 1. The lowest BCUT2D eigenvalue weighted by atomic mass is 10.2. The second-order valence-corrected chi connectivity index (χ2v) is 6.29. The van der Waals surface area contributed by atoms with E-state index in [0.717, 1.165) is 10.4 Å². The van der Waals surface area contributed by atoms with Crippen LogP contribution < -0.4 is 14.8 Å². The highest BCUT2D eigenvalue weighted by molar-refractivity contribution is 5.92. The van der Waals surface area contributed by atoms with Crippen molar-refractivity contribution in [1.82, 2.24) is 20.2 Å². The monoisotopic (exact) mass is 411 g/mol. The molecule has 0 unspecified atom stereocenters. The topological polar surface area (TPSA) is 117 Å². The third-order valence-electron chi connectivity index (χ3n) is 4.03. The van der Waals surface area contributed by atoms with Crippen LogP contribution in [0.1, 0.15) is 5.56 Å². The molecule has 10 heteroatoms. The molecular weight excluding hydrogens is 390 g/mol. The molecule has 3 aromatic rings. The van der Waals surface area contributed by atoms with Crippen LogP contribution in [0.4, 0.5) is 5.69 Å². The van der Waals surface area contributed by atoms with E-state index in [2.05, 4.69) is 20.7 Å². The number of tetrazole rings is 1. The van der Waals surface area contributed by atoms with E-state index < -0.39 is 18.5 Å². The molecule has 0 radical (unpaired) electrons. The number of benzene rings is 2. The number of hydrogen-bond acceptors (Lipinski definition) is 8. The molecule has 0 aliphatic rings. The molecule has 10 nitrogen and oxygen atoms in total. The summed E-state index contributed by atoms with van der Waals surface area (Å²) in [5.41, 5.74) is 2.28. The Morgan fingerprint density at radius 1 is 1.07 bits per heavy atom. The maximum absolute atomic E-state index is 12.0. The van der Waals surface area contributed by atoms with Crippen molar-refractivity contribution < 1.29 is 23.8 Å². The van der Waals surface area contributed by atoms with Crippen molar-refractivity contribution in [3.05, 3.63) is 48.0 Å². The Morgan fingerprint density at radius 2 is 1.87 bits per heavy atom. The average molecular weight is 411 g/mol. The normalized spacial score (nSPS) is 10.4. The lowest BCUT2D eigenvalue weighted by Gasteiger charge is -2.07. The van der Waals surface area contributed by atoms with E-state index in [4.69, 9.17) is 14.2 Å². The van der Waals surface area contributed by atoms with Crippen molar-refractivity contribution in [3.63, 3.8) is 0 Å². The summed E-state index contributed by atoms with van der Waals surface area (Å²) in [6.45, 7) is 1.22. The minimum absolute atomic E-state index is 0.280. The highest BCUT2D eigenvalue weighted by Crippen LogP contribution is 2.30. The number of ether oxygens (including phenoxy) is 3. The number of aromatic nitrogens is 4. The van der Waals surface area contributed by atoms with Gasteiger partial charge in [-0.3, -0.25) is 4.79 Å². The van der Waals surface area contributed by atoms with Gasteiger partial charge in [0.05, 0.1) is 14.2 Å². The quantitative estimate of drug-likeness (QED) is 0.558. The number of aryl methyl sites for hydroxylation is 1. The maximum atomic E-state index is 12.0. The van der Waals surface area contributed by atoms with Gasteiger partial charge >= 0.3 is 5.97 Å². The zero-order valence-corrected chi connectivity index (χ0v) is 16.8. The standard InChI is InChI=1S/C20H21N5O5/c1-13-5-4-6-15(9-13)21-18(26)12-30-19(27)11-25-23-20(22-24-25)14-7-8-16(28-2)17(10-14)29-3/h4-10H,11-12H2,1-3H3,(H,21,26). The molecule has 1 N–H and O–H groups in total. The Bertz CT molecular complexity index is 1050. The fraction of sp³-hybridized carbons (Fsp3) is 0.250. The van der Waals surface area contributed by atoms with Gasteiger partial charge in [0.1, 0.15) is 0 Å². The van der Waals surface area contributed by atoms with Crippen LogP contribution in [0.2, 0.25) is 0 Å². The maximum Gasteiger partial charge on any atom is 0.330 e. The van der Waals surface area contributed by atoms with Gasteiger partial charge in [-0.25, -0.2) is 4.79 Å². The summed E-state index contributed by atoms with van der Waals surface area (Å²) in [6, 6.07) is 12.5. The first-order valence-corrected chi connectivity index (χ1v) is 9.01. The molecule has 0 fully saturated rings. The minimum Gasteiger partial charge on any atom is -0.493 e. The number of amides is 1. The van der Waals surface area contributed by atoms with E-state index in [1.54, 1.807) is 31.4 Å². The van der Waals surface area contributed by atoms with Crippen molar-refractivity contribution in [2.45, 2.75) is 13.5 Å². The van der Waals surface area contributed by atoms with E-state index in [-0.39, 0.29) is 6.54 Å². The van der Waals surface area contributed by atoms with Crippen LogP contribution in [-0.2, 0) is 20.9 Å². The Balaban J connectivity index is 1.54. The Kier molecular flexibility index (Phi) is 6.58. The second-order valence-electron chi connectivity index (χ2n) is 6.29. The molecule has 0 aliphatic heterocycles. The smallest absolute Gasteiger partial charge is 0.330 e. The van der Waals surface area contributed by atoms with Crippen molar-refractivity contribution >= 4 is 17.6 Å². The molecule has 0 bridgehead atoms. The Labute approximate surface area is 172 Å². The van der Waals surface area contributed by atoms with Crippen LogP contribution in [0.25, 0.3) is 11.4 Å². The van der Waals surface area contributed by atoms with Gasteiger partial charge < -0.3 is 19.5 Å². The van der Waals surface area contributed by atoms with Gasteiger partial charge in [0.2, 0.25) is 5.82 Å². The van der Waals surface area contributed by atoms with E-state index in [1.165, 1.54) is 7.11 Å². The number of anilines is 1. The molecule has 30 heavy (non-hydrogen) atoms. The van der Waals surface area contributed by atoms with Gasteiger partial charge in [-0.1, -0.05) is 12.1 Å². The third kappa shape index (κ3) is 5.31. The summed E-state index contributed by atoms with van der Waals surface area (Å²) in [5, 5.41) is 14.6. The lowest BCUT2D eigenvalue weighted by Crippen LogP contribution is -2.23. The van der Waals surface area contributed by atoms with Crippen LogP contribution in [0.3, 0.4) is 0 Å². The zero-order chi connectivity index (χ0) is 21.5. The van der Waals surface area contributed by atoms with Gasteiger partial charge in [0, 0.05) is 11.3 Å². The molecule has 0 spiro atoms. The summed E-state index contributed by atoms with van der Waals surface area (Å²) in [6.07, 6.45) is 0. The Hall–Kier alpha value is -3.95. The molecule has 0 saturated carbocycles. The predicted octanol–water partition coefficient (Wildman–Crippen LogP) is 1.85. The lowest BCUT2D eigenvalue weighted by molar-refractivity contribution is -0.148. The summed E-state index contributed by atoms with van der Waals surface area (Å²) < 4.78 is 15.4. The molecule has 1 heterocycles. The van der Waals surface area contributed by atoms with Crippen LogP contribution in [0.5, 0.6) is 11.5 Å². The first kappa shape index (κ1) is 20.8. The van der Waals surface area contributed by atoms with E-state index in [9.17, 15) is 9.59 Å². The summed E-state index contributed by atoms with van der Waals surface area (Å²) in [5.74, 6) is 0.296. The van der Waals surface area contributed by atoms with Crippen molar-refractivity contribution in [2.75, 3.05) is 26.1 Å². The molecule has 2 aromatic carbocycles. The number of carbonyl (C=O) groups excluding carboxylic acids is 2. The van der Waals surface area contributed by atoms with Crippen molar-refractivity contribution in [2.24, 2.45) is 0 Å². The molecule has 1 amide bonds. The van der Waals surface area contributed by atoms with Gasteiger partial charge in [-0.15, -0.1) is 10.2 Å². The average Bonchev–Trinajstić information content (AvgIpc) is 3.20.